The molecule has 1 N–H and O–H groups in total. The summed E-state index contributed by atoms with van der Waals surface area (Å²) in [5.41, 5.74) is 1.70. The lowest BCUT2D eigenvalue weighted by Crippen LogP contribution is -2.24. The second-order valence-corrected chi connectivity index (χ2v) is 4.26. The SMILES string of the molecule is COc1ccc(C#CCCO)c(CN(CC#N)CC#N)c1. The standard InChI is InChI=1S/C16H17N3O2/c1-21-16-6-5-14(4-2-3-11-20)15(12-16)13-19(9-7-17)10-8-18/h5-6,12,20H,3,9-11,13H2,1H3. The van der Waals surface area contributed by atoms with Gasteiger partial charge in [-0.3, -0.25) is 4.90 Å². The van der Waals surface area contributed by atoms with Crippen LogP contribution in [0.5, 0.6) is 5.75 Å². The maximum Gasteiger partial charge on any atom is 0.119 e. The first-order valence-corrected chi connectivity index (χ1v) is 6.48. The Morgan fingerprint density at radius 3 is 2.52 bits per heavy atom. The van der Waals surface area contributed by atoms with Crippen molar-refractivity contribution in [3.05, 3.63) is 29.3 Å². The lowest BCUT2D eigenvalue weighted by molar-refractivity contribution is 0.305. The van der Waals surface area contributed by atoms with Gasteiger partial charge in [0.1, 0.15) is 5.75 Å². The average molecular weight is 283 g/mol. The van der Waals surface area contributed by atoms with E-state index in [9.17, 15) is 0 Å². The zero-order chi connectivity index (χ0) is 15.5. The maximum absolute atomic E-state index is 8.80. The van der Waals surface area contributed by atoms with Gasteiger partial charge in [0.2, 0.25) is 0 Å². The van der Waals surface area contributed by atoms with E-state index in [1.165, 1.54) is 0 Å². The minimum atomic E-state index is 0.0213. The minimum Gasteiger partial charge on any atom is -0.497 e. The highest BCUT2D eigenvalue weighted by Crippen LogP contribution is 2.19. The van der Waals surface area contributed by atoms with E-state index in [-0.39, 0.29) is 19.7 Å². The number of rotatable bonds is 6. The Balaban J connectivity index is 3.03. The zero-order valence-corrected chi connectivity index (χ0v) is 12.0. The zero-order valence-electron chi connectivity index (χ0n) is 12.0. The quantitative estimate of drug-likeness (QED) is 0.628. The van der Waals surface area contributed by atoms with E-state index < -0.39 is 0 Å². The molecule has 0 heterocycles. The average Bonchev–Trinajstić information content (AvgIpc) is 2.49. The highest BCUT2D eigenvalue weighted by molar-refractivity contribution is 5.45. The molecule has 0 amide bonds. The largest absolute Gasteiger partial charge is 0.497 e. The van der Waals surface area contributed by atoms with Crippen LogP contribution >= 0.6 is 0 Å². The summed E-state index contributed by atoms with van der Waals surface area (Å²) in [6.45, 7) is 0.817. The number of aliphatic hydroxyl groups is 1. The molecule has 0 aliphatic carbocycles. The molecule has 0 bridgehead atoms. The predicted molar refractivity (Wildman–Crippen MR) is 78.1 cm³/mol. The van der Waals surface area contributed by atoms with Crippen molar-refractivity contribution in [3.63, 3.8) is 0 Å². The number of aliphatic hydroxyl groups excluding tert-OH is 1. The summed E-state index contributed by atoms with van der Waals surface area (Å²) < 4.78 is 5.20. The third-order valence-corrected chi connectivity index (χ3v) is 2.75. The predicted octanol–water partition coefficient (Wildman–Crippen LogP) is 1.28. The van der Waals surface area contributed by atoms with Gasteiger partial charge in [-0.05, 0) is 23.8 Å². The van der Waals surface area contributed by atoms with E-state index >= 15 is 0 Å². The van der Waals surface area contributed by atoms with Gasteiger partial charge in [0.25, 0.3) is 0 Å². The van der Waals surface area contributed by atoms with Gasteiger partial charge in [0, 0.05) is 18.5 Å². The van der Waals surface area contributed by atoms with Crippen LogP contribution in [0.2, 0.25) is 0 Å². The van der Waals surface area contributed by atoms with E-state index in [2.05, 4.69) is 11.8 Å². The molecule has 0 aliphatic heterocycles. The van der Waals surface area contributed by atoms with Gasteiger partial charge in [0.15, 0.2) is 0 Å². The molecule has 0 saturated carbocycles. The van der Waals surface area contributed by atoms with Crippen LogP contribution in [0.1, 0.15) is 17.5 Å². The van der Waals surface area contributed by atoms with Crippen molar-refractivity contribution in [2.75, 3.05) is 26.8 Å². The number of nitriles is 2. The van der Waals surface area contributed by atoms with E-state index in [4.69, 9.17) is 20.4 Å². The highest BCUT2D eigenvalue weighted by Gasteiger charge is 2.09. The van der Waals surface area contributed by atoms with Crippen molar-refractivity contribution < 1.29 is 9.84 Å². The minimum absolute atomic E-state index is 0.0213. The Morgan fingerprint density at radius 1 is 1.24 bits per heavy atom. The molecule has 0 aromatic heterocycles. The van der Waals surface area contributed by atoms with Gasteiger partial charge < -0.3 is 9.84 Å². The van der Waals surface area contributed by atoms with Crippen LogP contribution in [0.25, 0.3) is 0 Å². The second kappa shape index (κ2) is 9.39. The number of hydrogen-bond donors (Lipinski definition) is 1. The molecule has 1 rings (SSSR count). The molecule has 1 aromatic rings. The Bertz CT molecular complexity index is 587. The molecule has 0 atom stereocenters. The first kappa shape index (κ1) is 16.5. The van der Waals surface area contributed by atoms with Crippen molar-refractivity contribution in [1.82, 2.24) is 4.90 Å². The number of hydrogen-bond acceptors (Lipinski definition) is 5. The Morgan fingerprint density at radius 2 is 1.95 bits per heavy atom. The van der Waals surface area contributed by atoms with Crippen molar-refractivity contribution in [1.29, 1.82) is 10.5 Å². The van der Waals surface area contributed by atoms with Crippen LogP contribution in [0.15, 0.2) is 18.2 Å². The molecule has 21 heavy (non-hydrogen) atoms. The van der Waals surface area contributed by atoms with E-state index in [1.807, 2.05) is 30.3 Å². The number of benzene rings is 1. The second-order valence-electron chi connectivity index (χ2n) is 4.26. The Kier molecular flexibility index (Phi) is 7.40. The number of ether oxygens (including phenoxy) is 1. The van der Waals surface area contributed by atoms with E-state index in [1.54, 1.807) is 12.0 Å². The molecule has 1 aromatic carbocycles. The fourth-order valence-corrected chi connectivity index (χ4v) is 1.77. The molecule has 5 nitrogen and oxygen atoms in total. The van der Waals surface area contributed by atoms with Gasteiger partial charge in [-0.15, -0.1) is 0 Å². The van der Waals surface area contributed by atoms with Crippen LogP contribution < -0.4 is 4.74 Å². The Hall–Kier alpha value is -2.52. The highest BCUT2D eigenvalue weighted by atomic mass is 16.5. The monoisotopic (exact) mass is 283 g/mol. The van der Waals surface area contributed by atoms with Crippen molar-refractivity contribution in [3.8, 4) is 29.7 Å². The van der Waals surface area contributed by atoms with Gasteiger partial charge in [0.05, 0.1) is 38.9 Å². The van der Waals surface area contributed by atoms with Crippen LogP contribution in [0, 0.1) is 34.5 Å². The smallest absolute Gasteiger partial charge is 0.119 e. The van der Waals surface area contributed by atoms with Gasteiger partial charge >= 0.3 is 0 Å². The van der Waals surface area contributed by atoms with E-state index in [0.717, 1.165) is 11.1 Å². The molecule has 0 aliphatic rings. The summed E-state index contributed by atoms with van der Waals surface area (Å²) in [5.74, 6) is 6.57. The molecule has 108 valence electrons. The lowest BCUT2D eigenvalue weighted by atomic mass is 10.1. The van der Waals surface area contributed by atoms with Crippen LogP contribution in [0.4, 0.5) is 0 Å². The van der Waals surface area contributed by atoms with Crippen molar-refractivity contribution >= 4 is 0 Å². The molecular weight excluding hydrogens is 266 g/mol. The summed E-state index contributed by atoms with van der Waals surface area (Å²) in [7, 11) is 1.58. The van der Waals surface area contributed by atoms with Gasteiger partial charge in [-0.25, -0.2) is 0 Å². The summed E-state index contributed by atoms with van der Waals surface area (Å²) >= 11 is 0. The molecule has 0 saturated heterocycles. The molecule has 0 radical (unpaired) electrons. The van der Waals surface area contributed by atoms with Crippen LogP contribution in [0.3, 0.4) is 0 Å². The van der Waals surface area contributed by atoms with Crippen molar-refractivity contribution in [2.24, 2.45) is 0 Å². The fraction of sp³-hybridized carbons (Fsp3) is 0.375. The normalized spacial score (nSPS) is 9.38. The lowest BCUT2D eigenvalue weighted by Gasteiger charge is -2.17. The van der Waals surface area contributed by atoms with Crippen LogP contribution in [-0.4, -0.2) is 36.8 Å². The molecule has 0 fully saturated rings. The summed E-state index contributed by atoms with van der Waals surface area (Å²) in [4.78, 5) is 1.73. The summed E-state index contributed by atoms with van der Waals surface area (Å²) in [5, 5.41) is 26.4. The van der Waals surface area contributed by atoms with Gasteiger partial charge in [-0.1, -0.05) is 11.8 Å². The topological polar surface area (TPSA) is 80.3 Å². The number of methoxy groups -OCH3 is 1. The molecule has 5 heteroatoms. The summed E-state index contributed by atoms with van der Waals surface area (Å²) in [6, 6.07) is 9.60. The molecule has 0 spiro atoms. The third-order valence-electron chi connectivity index (χ3n) is 2.75. The first-order chi connectivity index (χ1) is 10.2. The molecule has 0 unspecified atom stereocenters. The van der Waals surface area contributed by atoms with E-state index in [0.29, 0.717) is 18.7 Å². The first-order valence-electron chi connectivity index (χ1n) is 6.48. The maximum atomic E-state index is 8.80. The summed E-state index contributed by atoms with van der Waals surface area (Å²) in [6.07, 6.45) is 0.408. The Labute approximate surface area is 125 Å². The molecular formula is C16H17N3O2. The number of nitrogens with zero attached hydrogens (tertiary/aromatic N) is 3. The third kappa shape index (κ3) is 5.55. The fourth-order valence-electron chi connectivity index (χ4n) is 1.77. The van der Waals surface area contributed by atoms with Crippen LogP contribution in [-0.2, 0) is 6.54 Å². The van der Waals surface area contributed by atoms with Crippen molar-refractivity contribution in [2.45, 2.75) is 13.0 Å². The van der Waals surface area contributed by atoms with Gasteiger partial charge in [-0.2, -0.15) is 10.5 Å².